The first kappa shape index (κ1) is 22.9. The molecule has 1 amide bonds. The molecule has 0 bridgehead atoms. The number of carbonyl (C=O) groups is 1. The summed E-state index contributed by atoms with van der Waals surface area (Å²) in [6, 6.07) is 18.2. The zero-order valence-electron chi connectivity index (χ0n) is 16.7. The Morgan fingerprint density at radius 2 is 1.58 bits per heavy atom. The first-order valence-corrected chi connectivity index (χ1v) is 11.5. The van der Waals surface area contributed by atoms with Gasteiger partial charge in [-0.05, 0) is 36.8 Å². The molecule has 162 valence electrons. The van der Waals surface area contributed by atoms with Crippen molar-refractivity contribution in [3.63, 3.8) is 0 Å². The molecule has 0 fully saturated rings. The molecule has 0 aliphatic carbocycles. The molecule has 0 aromatic heterocycles. The number of para-hydroxylation sites is 1. The Bertz CT molecular complexity index is 1200. The lowest BCUT2D eigenvalue weighted by Gasteiger charge is -2.17. The minimum Gasteiger partial charge on any atom is -0.495 e. The summed E-state index contributed by atoms with van der Waals surface area (Å²) >= 11 is 12.2. The number of methoxy groups -OCH3 is 1. The molecule has 3 aromatic carbocycles. The van der Waals surface area contributed by atoms with Crippen LogP contribution in [0.3, 0.4) is 0 Å². The maximum atomic E-state index is 13.0. The number of benzene rings is 3. The monoisotopic (exact) mass is 478 g/mol. The van der Waals surface area contributed by atoms with E-state index in [1.54, 1.807) is 12.1 Å². The van der Waals surface area contributed by atoms with Crippen molar-refractivity contribution < 1.29 is 17.9 Å². The van der Waals surface area contributed by atoms with Crippen LogP contribution in [0.25, 0.3) is 0 Å². The number of hydrogen-bond acceptors (Lipinski definition) is 4. The van der Waals surface area contributed by atoms with E-state index in [1.807, 2.05) is 37.3 Å². The van der Waals surface area contributed by atoms with Crippen molar-refractivity contribution >= 4 is 44.8 Å². The summed E-state index contributed by atoms with van der Waals surface area (Å²) in [5, 5.41) is 2.68. The fourth-order valence-corrected chi connectivity index (χ4v) is 4.87. The van der Waals surface area contributed by atoms with E-state index in [9.17, 15) is 13.2 Å². The van der Waals surface area contributed by atoms with Crippen LogP contribution >= 0.6 is 23.2 Å². The molecule has 0 saturated heterocycles. The Hall–Kier alpha value is -2.74. The van der Waals surface area contributed by atoms with Crippen LogP contribution in [-0.2, 0) is 10.0 Å². The molecule has 0 unspecified atom stereocenters. The molecular weight excluding hydrogens is 459 g/mol. The lowest BCUT2D eigenvalue weighted by Crippen LogP contribution is -2.28. The number of sulfonamides is 1. The number of carbonyl (C=O) groups excluding carboxylic acids is 1. The van der Waals surface area contributed by atoms with Crippen LogP contribution < -0.4 is 14.8 Å². The Balaban J connectivity index is 1.88. The van der Waals surface area contributed by atoms with Crippen LogP contribution in [-0.4, -0.2) is 21.4 Å². The highest BCUT2D eigenvalue weighted by atomic mass is 35.5. The summed E-state index contributed by atoms with van der Waals surface area (Å²) in [6.07, 6.45) is 0. The molecule has 31 heavy (non-hydrogen) atoms. The second-order valence-electron chi connectivity index (χ2n) is 6.65. The van der Waals surface area contributed by atoms with Crippen LogP contribution in [0.1, 0.15) is 28.9 Å². The van der Waals surface area contributed by atoms with E-state index in [1.165, 1.54) is 31.4 Å². The van der Waals surface area contributed by atoms with Gasteiger partial charge in [-0.2, -0.15) is 0 Å². The Labute approximate surface area is 191 Å². The van der Waals surface area contributed by atoms with Crippen LogP contribution in [0.5, 0.6) is 5.75 Å². The van der Waals surface area contributed by atoms with Crippen LogP contribution in [0, 0.1) is 0 Å². The molecule has 0 radical (unpaired) electrons. The summed E-state index contributed by atoms with van der Waals surface area (Å²) in [6.45, 7) is 1.85. The highest BCUT2D eigenvalue weighted by Gasteiger charge is 2.24. The predicted octanol–water partition coefficient (Wildman–Crippen LogP) is 5.29. The lowest BCUT2D eigenvalue weighted by atomic mass is 10.1. The minimum absolute atomic E-state index is 0.0187. The van der Waals surface area contributed by atoms with Crippen molar-refractivity contribution in [2.45, 2.75) is 17.9 Å². The van der Waals surface area contributed by atoms with Crippen molar-refractivity contribution in [3.8, 4) is 5.75 Å². The van der Waals surface area contributed by atoms with E-state index in [4.69, 9.17) is 27.9 Å². The Morgan fingerprint density at radius 3 is 2.26 bits per heavy atom. The SMILES string of the molecule is COc1ccc(S(=O)(=O)Nc2ccccc2C(=O)N[C@H](C)c2ccccc2)c(Cl)c1Cl. The third-order valence-corrected chi connectivity index (χ3v) is 6.97. The van der Waals surface area contributed by atoms with Gasteiger partial charge in [0.25, 0.3) is 15.9 Å². The van der Waals surface area contributed by atoms with Gasteiger partial charge in [0.2, 0.25) is 0 Å². The highest BCUT2D eigenvalue weighted by Crippen LogP contribution is 2.37. The van der Waals surface area contributed by atoms with Crippen molar-refractivity contribution in [1.29, 1.82) is 0 Å². The molecule has 0 aliphatic rings. The van der Waals surface area contributed by atoms with E-state index in [0.717, 1.165) is 5.56 Å². The van der Waals surface area contributed by atoms with Gasteiger partial charge < -0.3 is 10.1 Å². The molecular formula is C22H20Cl2N2O4S. The van der Waals surface area contributed by atoms with Gasteiger partial charge in [-0.1, -0.05) is 65.7 Å². The maximum absolute atomic E-state index is 13.0. The predicted molar refractivity (Wildman–Crippen MR) is 123 cm³/mol. The van der Waals surface area contributed by atoms with Gasteiger partial charge in [0.1, 0.15) is 15.7 Å². The molecule has 0 spiro atoms. The molecule has 1 atom stereocenters. The number of hydrogen-bond donors (Lipinski definition) is 2. The number of rotatable bonds is 7. The van der Waals surface area contributed by atoms with Crippen LogP contribution in [0.15, 0.2) is 71.6 Å². The van der Waals surface area contributed by atoms with Gasteiger partial charge in [-0.25, -0.2) is 8.42 Å². The van der Waals surface area contributed by atoms with Gasteiger partial charge in [0.05, 0.1) is 29.4 Å². The molecule has 2 N–H and O–H groups in total. The molecule has 0 saturated carbocycles. The van der Waals surface area contributed by atoms with E-state index >= 15 is 0 Å². The van der Waals surface area contributed by atoms with Gasteiger partial charge in [-0.15, -0.1) is 0 Å². The van der Waals surface area contributed by atoms with E-state index in [0.29, 0.717) is 0 Å². The molecule has 9 heteroatoms. The number of halogens is 2. The van der Waals surface area contributed by atoms with Crippen molar-refractivity contribution in [3.05, 3.63) is 87.9 Å². The van der Waals surface area contributed by atoms with Gasteiger partial charge in [-0.3, -0.25) is 9.52 Å². The summed E-state index contributed by atoms with van der Waals surface area (Å²) in [4.78, 5) is 12.6. The highest BCUT2D eigenvalue weighted by molar-refractivity contribution is 7.92. The third-order valence-electron chi connectivity index (χ3n) is 4.58. The van der Waals surface area contributed by atoms with Crippen molar-refractivity contribution in [2.24, 2.45) is 0 Å². The number of amides is 1. The quantitative estimate of drug-likeness (QED) is 0.482. The zero-order valence-corrected chi connectivity index (χ0v) is 19.1. The third kappa shape index (κ3) is 5.12. The Kier molecular flexibility index (Phi) is 7.10. The average Bonchev–Trinajstić information content (AvgIpc) is 2.76. The lowest BCUT2D eigenvalue weighted by molar-refractivity contribution is 0.0941. The smallest absolute Gasteiger partial charge is 0.263 e. The topological polar surface area (TPSA) is 84.5 Å². The van der Waals surface area contributed by atoms with E-state index < -0.39 is 15.9 Å². The second kappa shape index (κ2) is 9.60. The first-order chi connectivity index (χ1) is 14.7. The summed E-state index contributed by atoms with van der Waals surface area (Å²) in [7, 11) is -2.73. The molecule has 3 rings (SSSR count). The zero-order chi connectivity index (χ0) is 22.6. The number of nitrogens with one attached hydrogen (secondary N) is 2. The average molecular weight is 479 g/mol. The second-order valence-corrected chi connectivity index (χ2v) is 9.06. The number of ether oxygens (including phenoxy) is 1. The summed E-state index contributed by atoms with van der Waals surface area (Å²) in [5.41, 5.74) is 1.21. The van der Waals surface area contributed by atoms with Gasteiger partial charge in [0, 0.05) is 0 Å². The van der Waals surface area contributed by atoms with Crippen LogP contribution in [0.2, 0.25) is 10.0 Å². The summed E-state index contributed by atoms with van der Waals surface area (Å²) in [5.74, 6) is -0.172. The normalized spacial score (nSPS) is 12.1. The van der Waals surface area contributed by atoms with Gasteiger partial charge >= 0.3 is 0 Å². The minimum atomic E-state index is -4.13. The number of anilines is 1. The van der Waals surface area contributed by atoms with E-state index in [-0.39, 0.29) is 38.0 Å². The Morgan fingerprint density at radius 1 is 0.935 bits per heavy atom. The molecule has 0 heterocycles. The molecule has 6 nitrogen and oxygen atoms in total. The molecule has 0 aliphatic heterocycles. The maximum Gasteiger partial charge on any atom is 0.263 e. The van der Waals surface area contributed by atoms with E-state index in [2.05, 4.69) is 10.0 Å². The van der Waals surface area contributed by atoms with Crippen molar-refractivity contribution in [2.75, 3.05) is 11.8 Å². The largest absolute Gasteiger partial charge is 0.495 e. The molecule has 3 aromatic rings. The van der Waals surface area contributed by atoms with Gasteiger partial charge in [0.15, 0.2) is 0 Å². The van der Waals surface area contributed by atoms with Crippen LogP contribution in [0.4, 0.5) is 5.69 Å². The summed E-state index contributed by atoms with van der Waals surface area (Å²) < 4.78 is 33.4. The first-order valence-electron chi connectivity index (χ1n) is 9.24. The van der Waals surface area contributed by atoms with Crippen molar-refractivity contribution in [1.82, 2.24) is 5.32 Å². The fourth-order valence-electron chi connectivity index (χ4n) is 2.95. The fraction of sp³-hybridized carbons (Fsp3) is 0.136. The standard InChI is InChI=1S/C22H20Cl2N2O4S/c1-14(15-8-4-3-5-9-15)25-22(27)16-10-6-7-11-17(16)26-31(28,29)19-13-12-18(30-2)20(23)21(19)24/h3-14,26H,1-2H3,(H,25,27)/t14-/m1/s1.